The van der Waals surface area contributed by atoms with Crippen molar-refractivity contribution in [3.63, 3.8) is 0 Å². The van der Waals surface area contributed by atoms with Gasteiger partial charge in [-0.05, 0) is 93.6 Å². The van der Waals surface area contributed by atoms with Gasteiger partial charge >= 0.3 is 6.18 Å². The lowest BCUT2D eigenvalue weighted by Crippen LogP contribution is -2.44. The molecule has 8 atom stereocenters. The minimum absolute atomic E-state index is 0.0134. The topological polar surface area (TPSA) is 98.8 Å². The normalized spacial score (nSPS) is 33.4. The van der Waals surface area contributed by atoms with Gasteiger partial charge in [0.25, 0.3) is 5.91 Å². The summed E-state index contributed by atoms with van der Waals surface area (Å²) in [7, 11) is 1.62. The first-order valence-corrected chi connectivity index (χ1v) is 18.4. The molecule has 1 aromatic carbocycles. The first-order chi connectivity index (χ1) is 22.9. The Morgan fingerprint density at radius 2 is 1.90 bits per heavy atom. The van der Waals surface area contributed by atoms with Crippen LogP contribution in [0.3, 0.4) is 0 Å². The Labute approximate surface area is 286 Å². The Bertz CT molecular complexity index is 1410. The van der Waals surface area contributed by atoms with E-state index in [1.807, 2.05) is 19.1 Å². The largest absolute Gasteiger partial charge is 0.496 e. The lowest BCUT2D eigenvalue weighted by Gasteiger charge is -2.29. The predicted octanol–water partition coefficient (Wildman–Crippen LogP) is 7.61. The molecule has 5 fully saturated rings. The van der Waals surface area contributed by atoms with Gasteiger partial charge < -0.3 is 24.8 Å². The summed E-state index contributed by atoms with van der Waals surface area (Å²) in [6.07, 6.45) is 5.45. The number of benzene rings is 1. The smallest absolute Gasteiger partial charge is 0.417 e. The van der Waals surface area contributed by atoms with Crippen LogP contribution in [0.4, 0.5) is 13.2 Å². The minimum Gasteiger partial charge on any atom is -0.496 e. The third kappa shape index (κ3) is 7.65. The van der Waals surface area contributed by atoms with Crippen LogP contribution in [-0.2, 0) is 14.3 Å². The second-order valence-electron chi connectivity index (χ2n) is 14.6. The molecule has 2 aromatic rings. The molecule has 268 valence electrons. The van der Waals surface area contributed by atoms with Gasteiger partial charge in [-0.25, -0.2) is 4.98 Å². The number of amides is 2. The lowest BCUT2D eigenvalue weighted by atomic mass is 9.86. The fourth-order valence-electron chi connectivity index (χ4n) is 8.73. The number of nitrogens with zero attached hydrogens (tertiary/aromatic N) is 1. The molecule has 48 heavy (non-hydrogen) atoms. The number of methoxy groups -OCH3 is 1. The van der Waals surface area contributed by atoms with E-state index in [-0.39, 0.29) is 25.4 Å². The maximum absolute atomic E-state index is 13.0. The number of ether oxygens (including phenoxy) is 3. The first-order valence-electron chi connectivity index (χ1n) is 17.6. The molecule has 8 nitrogen and oxygen atoms in total. The average molecular weight is 696 g/mol. The van der Waals surface area contributed by atoms with Crippen LogP contribution >= 0.6 is 11.3 Å². The van der Waals surface area contributed by atoms with Crippen LogP contribution in [0, 0.1) is 36.5 Å². The Kier molecular flexibility index (Phi) is 11.7. The number of carbonyl (C=O) groups excluding carboxylic acids is 2. The number of nitrogens with one attached hydrogen (secondary N) is 2. The van der Waals surface area contributed by atoms with Crippen molar-refractivity contribution in [2.45, 2.75) is 115 Å². The summed E-state index contributed by atoms with van der Waals surface area (Å²) in [5.74, 6) is 4.33. The van der Waals surface area contributed by atoms with Gasteiger partial charge in [-0.15, -0.1) is 11.3 Å². The van der Waals surface area contributed by atoms with Crippen molar-refractivity contribution in [3.05, 3.63) is 22.7 Å². The van der Waals surface area contributed by atoms with Gasteiger partial charge in [-0.1, -0.05) is 33.6 Å². The molecule has 4 bridgehead atoms. The standard InChI is InChI=1S/C18H22N2O2S.C10H20O.C8H10F3NO2/c1-9-11-4-5-12(8-11)16(9)20-18(21)15-14(22-3)7-6-13-17(15)23-10(2)19-13;1-3-5-10-6-9(4-2)7-11-8-10;9-8(10,11)7-2-1-6(3-7,4-14-7)12-5-13/h6-7,9,11-12,16H,4-5,8H2,1-3H3,(H,20,21);9-10H,3-8H2,1-2H3;5H,1-4H2,(H,12,13). The second-order valence-corrected chi connectivity index (χ2v) is 15.8. The number of hydrogen-bond donors (Lipinski definition) is 2. The van der Waals surface area contributed by atoms with E-state index >= 15 is 0 Å². The van der Waals surface area contributed by atoms with Crippen molar-refractivity contribution in [1.82, 2.24) is 15.6 Å². The molecule has 3 saturated carbocycles. The highest BCUT2D eigenvalue weighted by Gasteiger charge is 2.68. The number of carbonyl (C=O) groups is 2. The quantitative estimate of drug-likeness (QED) is 0.276. The molecule has 1 aromatic heterocycles. The summed E-state index contributed by atoms with van der Waals surface area (Å²) in [5.41, 5.74) is -1.27. The van der Waals surface area contributed by atoms with E-state index in [1.54, 1.807) is 18.4 Å². The fourth-order valence-corrected chi connectivity index (χ4v) is 9.68. The maximum atomic E-state index is 13.0. The van der Waals surface area contributed by atoms with Crippen molar-refractivity contribution >= 4 is 33.9 Å². The number of halogens is 3. The number of alkyl halides is 3. The summed E-state index contributed by atoms with van der Waals surface area (Å²) < 4.78 is 54.6. The molecule has 8 unspecified atom stereocenters. The van der Waals surface area contributed by atoms with Crippen molar-refractivity contribution < 1.29 is 37.0 Å². The van der Waals surface area contributed by atoms with E-state index in [4.69, 9.17) is 14.2 Å². The van der Waals surface area contributed by atoms with Gasteiger partial charge in [0.15, 0.2) is 5.60 Å². The van der Waals surface area contributed by atoms with Crippen LogP contribution in [-0.4, -0.2) is 67.6 Å². The lowest BCUT2D eigenvalue weighted by molar-refractivity contribution is -0.265. The average Bonchev–Trinajstić information content (AvgIpc) is 3.89. The summed E-state index contributed by atoms with van der Waals surface area (Å²) in [6.45, 7) is 10.8. The maximum Gasteiger partial charge on any atom is 0.417 e. The SMILES string of the molecule is CCCC1COCC(CC)C1.COc1ccc2nc(C)sc2c1C(=O)NC1C2CCC(C2)C1C.O=CNC12CCC(C(F)(F)F)(C1)OC2. The highest BCUT2D eigenvalue weighted by atomic mass is 32.1. The predicted molar refractivity (Wildman–Crippen MR) is 180 cm³/mol. The minimum atomic E-state index is -4.34. The Hall–Kier alpha value is -2.44. The van der Waals surface area contributed by atoms with Gasteiger partial charge in [0.2, 0.25) is 6.41 Å². The number of aryl methyl sites for hydroxylation is 1. The van der Waals surface area contributed by atoms with Crippen LogP contribution in [0.1, 0.15) is 100 Å². The molecule has 12 heteroatoms. The number of rotatable bonds is 8. The van der Waals surface area contributed by atoms with Crippen molar-refractivity contribution in [2.75, 3.05) is 26.9 Å². The Balaban J connectivity index is 0.000000154. The molecule has 3 aliphatic carbocycles. The van der Waals surface area contributed by atoms with Gasteiger partial charge in [-0.3, -0.25) is 9.59 Å². The van der Waals surface area contributed by atoms with Gasteiger partial charge in [-0.2, -0.15) is 13.2 Å². The van der Waals surface area contributed by atoms with E-state index in [0.29, 0.717) is 42.0 Å². The highest BCUT2D eigenvalue weighted by Crippen LogP contribution is 2.54. The number of fused-ring (bicyclic) bond motifs is 5. The molecule has 0 spiro atoms. The van der Waals surface area contributed by atoms with Crippen molar-refractivity contribution in [2.24, 2.45) is 29.6 Å². The number of thiazole rings is 1. The van der Waals surface area contributed by atoms with Crippen molar-refractivity contribution in [1.29, 1.82) is 0 Å². The first kappa shape index (κ1) is 36.8. The third-order valence-corrected chi connectivity index (χ3v) is 12.5. The molecule has 3 heterocycles. The van der Waals surface area contributed by atoms with Crippen LogP contribution in [0.15, 0.2) is 12.1 Å². The molecule has 7 rings (SSSR count). The van der Waals surface area contributed by atoms with Crippen LogP contribution in [0.5, 0.6) is 5.75 Å². The van der Waals surface area contributed by atoms with Gasteiger partial charge in [0, 0.05) is 25.7 Å². The monoisotopic (exact) mass is 695 g/mol. The van der Waals surface area contributed by atoms with Gasteiger partial charge in [0.05, 0.1) is 34.5 Å². The molecule has 5 aliphatic rings. The highest BCUT2D eigenvalue weighted by molar-refractivity contribution is 7.19. The summed E-state index contributed by atoms with van der Waals surface area (Å²) >= 11 is 1.56. The van der Waals surface area contributed by atoms with Crippen molar-refractivity contribution in [3.8, 4) is 5.75 Å². The number of hydrogen-bond acceptors (Lipinski definition) is 7. The van der Waals surface area contributed by atoms with E-state index in [2.05, 4.69) is 36.4 Å². The van der Waals surface area contributed by atoms with Crippen LogP contribution in [0.25, 0.3) is 10.2 Å². The molecule has 2 N–H and O–H groups in total. The summed E-state index contributed by atoms with van der Waals surface area (Å²) in [4.78, 5) is 27.8. The summed E-state index contributed by atoms with van der Waals surface area (Å²) in [6, 6.07) is 4.07. The molecular weight excluding hydrogens is 643 g/mol. The van der Waals surface area contributed by atoms with E-state index in [0.717, 1.165) is 46.2 Å². The zero-order valence-electron chi connectivity index (χ0n) is 28.9. The molecule has 2 aliphatic heterocycles. The molecule has 2 amide bonds. The van der Waals surface area contributed by atoms with Gasteiger partial charge in [0.1, 0.15) is 11.3 Å². The zero-order chi connectivity index (χ0) is 34.7. The molecule has 2 saturated heterocycles. The second kappa shape index (κ2) is 15.2. The molecule has 0 radical (unpaired) electrons. The zero-order valence-corrected chi connectivity index (χ0v) is 29.7. The van der Waals surface area contributed by atoms with E-state index < -0.39 is 17.3 Å². The number of aromatic nitrogens is 1. The third-order valence-electron chi connectivity index (χ3n) is 11.5. The van der Waals surface area contributed by atoms with E-state index in [9.17, 15) is 22.8 Å². The summed E-state index contributed by atoms with van der Waals surface area (Å²) in [5, 5.41) is 6.72. The molecular formula is C36H52F3N3O5S. The fraction of sp³-hybridized carbons (Fsp3) is 0.750. The van der Waals surface area contributed by atoms with Crippen LogP contribution in [0.2, 0.25) is 0 Å². The van der Waals surface area contributed by atoms with E-state index in [1.165, 1.54) is 44.9 Å². The van der Waals surface area contributed by atoms with Crippen LogP contribution < -0.4 is 15.4 Å². The Morgan fingerprint density at radius 1 is 1.15 bits per heavy atom. The Morgan fingerprint density at radius 3 is 2.48 bits per heavy atom.